The molecule has 0 amide bonds. The van der Waals surface area contributed by atoms with Crippen LogP contribution in [0.25, 0.3) is 0 Å². The molecule has 7 heteroatoms. The Morgan fingerprint density at radius 1 is 1.21 bits per heavy atom. The van der Waals surface area contributed by atoms with Crippen LogP contribution in [0, 0.1) is 5.92 Å². The van der Waals surface area contributed by atoms with Crippen LogP contribution < -0.4 is 0 Å². The van der Waals surface area contributed by atoms with Crippen LogP contribution in [0.1, 0.15) is 40.5 Å². The second kappa shape index (κ2) is 9.03. The summed E-state index contributed by atoms with van der Waals surface area (Å²) in [5.74, 6) is -2.82. The lowest BCUT2D eigenvalue weighted by atomic mass is 9.82. The average Bonchev–Trinajstić information content (AvgIpc) is 2.91. The van der Waals surface area contributed by atoms with Crippen LogP contribution >= 0.6 is 0 Å². The molecule has 0 aromatic carbocycles. The third-order valence-electron chi connectivity index (χ3n) is 5.00. The van der Waals surface area contributed by atoms with Gasteiger partial charge in [-0.2, -0.15) is 0 Å². The fraction of sp³-hybridized carbons (Fsp3) is 0.455. The molecule has 0 spiro atoms. The quantitative estimate of drug-likeness (QED) is 0.310. The van der Waals surface area contributed by atoms with Crippen molar-refractivity contribution in [2.24, 2.45) is 5.92 Å². The van der Waals surface area contributed by atoms with E-state index in [-0.39, 0.29) is 24.2 Å². The summed E-state index contributed by atoms with van der Waals surface area (Å²) >= 11 is 0. The minimum Gasteiger partial charge on any atom is -0.458 e. The van der Waals surface area contributed by atoms with E-state index in [0.29, 0.717) is 16.7 Å². The second-order valence-electron chi connectivity index (χ2n) is 7.36. The first-order valence-electron chi connectivity index (χ1n) is 9.33. The summed E-state index contributed by atoms with van der Waals surface area (Å²) in [6.07, 6.45) is 0.305. The fourth-order valence-corrected chi connectivity index (χ4v) is 3.47. The third kappa shape index (κ3) is 5.10. The number of hydrogen-bond acceptors (Lipinski definition) is 7. The first-order valence-corrected chi connectivity index (χ1v) is 9.33. The summed E-state index contributed by atoms with van der Waals surface area (Å²) in [5.41, 5.74) is 1.49. The van der Waals surface area contributed by atoms with Crippen molar-refractivity contribution in [1.82, 2.24) is 0 Å². The molecule has 7 nitrogen and oxygen atoms in total. The van der Waals surface area contributed by atoms with Crippen molar-refractivity contribution >= 4 is 23.7 Å². The summed E-state index contributed by atoms with van der Waals surface area (Å²) in [4.78, 5) is 48.8. The molecule has 2 aliphatic rings. The molecule has 0 aromatic rings. The normalized spacial score (nSPS) is 28.3. The van der Waals surface area contributed by atoms with Crippen molar-refractivity contribution in [3.63, 3.8) is 0 Å². The summed E-state index contributed by atoms with van der Waals surface area (Å²) < 4.78 is 16.5. The van der Waals surface area contributed by atoms with Gasteiger partial charge in [0.1, 0.15) is 6.10 Å². The van der Waals surface area contributed by atoms with Gasteiger partial charge >= 0.3 is 17.9 Å². The van der Waals surface area contributed by atoms with Crippen molar-refractivity contribution in [1.29, 1.82) is 0 Å². The predicted molar refractivity (Wildman–Crippen MR) is 105 cm³/mol. The second-order valence-corrected chi connectivity index (χ2v) is 7.36. The van der Waals surface area contributed by atoms with E-state index in [1.165, 1.54) is 13.0 Å². The number of ketones is 1. The van der Waals surface area contributed by atoms with Crippen LogP contribution in [-0.4, -0.2) is 42.0 Å². The smallest absolute Gasteiger partial charge is 0.334 e. The highest BCUT2D eigenvalue weighted by atomic mass is 16.6. The molecule has 0 saturated carbocycles. The minimum absolute atomic E-state index is 0.0648. The standard InChI is InChI=1S/C22H26O7/c1-7-12(3)21(25)28-17-9-11(2)8-16(24)10-13(4)19(27-15(6)23)20-18(17)14(5)22(26)29-20/h7-8,17-20H,4-5,9-10H2,1-3,6H3. The molecule has 1 fully saturated rings. The molecular weight excluding hydrogens is 376 g/mol. The summed E-state index contributed by atoms with van der Waals surface area (Å²) in [6.45, 7) is 14.0. The molecule has 0 N–H and O–H groups in total. The fourth-order valence-electron chi connectivity index (χ4n) is 3.47. The predicted octanol–water partition coefficient (Wildman–Crippen LogP) is 2.76. The van der Waals surface area contributed by atoms with Gasteiger partial charge < -0.3 is 14.2 Å². The largest absolute Gasteiger partial charge is 0.458 e. The van der Waals surface area contributed by atoms with Crippen LogP contribution in [0.4, 0.5) is 0 Å². The maximum Gasteiger partial charge on any atom is 0.334 e. The minimum atomic E-state index is -1.06. The molecule has 1 saturated heterocycles. The molecule has 4 atom stereocenters. The number of hydrogen-bond donors (Lipinski definition) is 0. The highest BCUT2D eigenvalue weighted by Gasteiger charge is 2.50. The van der Waals surface area contributed by atoms with E-state index in [1.54, 1.807) is 26.8 Å². The molecule has 4 unspecified atom stereocenters. The Hall–Kier alpha value is -2.96. The Morgan fingerprint density at radius 3 is 2.45 bits per heavy atom. The van der Waals surface area contributed by atoms with E-state index < -0.39 is 42.1 Å². The van der Waals surface area contributed by atoms with Gasteiger partial charge in [0.25, 0.3) is 0 Å². The van der Waals surface area contributed by atoms with Gasteiger partial charge in [-0.3, -0.25) is 9.59 Å². The van der Waals surface area contributed by atoms with Gasteiger partial charge in [0.15, 0.2) is 18.0 Å². The zero-order chi connectivity index (χ0) is 21.9. The van der Waals surface area contributed by atoms with Crippen LogP contribution in [0.2, 0.25) is 0 Å². The maximum absolute atomic E-state index is 12.4. The Labute approximate surface area is 170 Å². The molecule has 1 aliphatic heterocycles. The molecule has 1 heterocycles. The summed E-state index contributed by atoms with van der Waals surface area (Å²) in [7, 11) is 0. The number of fused-ring (bicyclic) bond motifs is 1. The molecule has 0 aromatic heterocycles. The van der Waals surface area contributed by atoms with Crippen molar-refractivity contribution in [3.8, 4) is 0 Å². The Balaban J connectivity index is 2.55. The van der Waals surface area contributed by atoms with Gasteiger partial charge in [-0.25, -0.2) is 9.59 Å². The number of carbonyl (C=O) groups is 4. The van der Waals surface area contributed by atoms with E-state index in [4.69, 9.17) is 14.2 Å². The topological polar surface area (TPSA) is 96.0 Å². The van der Waals surface area contributed by atoms with Gasteiger partial charge in [-0.15, -0.1) is 0 Å². The Morgan fingerprint density at radius 2 is 1.86 bits per heavy atom. The molecule has 2 rings (SSSR count). The lowest BCUT2D eigenvalue weighted by molar-refractivity contribution is -0.162. The monoisotopic (exact) mass is 402 g/mol. The van der Waals surface area contributed by atoms with Gasteiger partial charge in [0, 0.05) is 30.9 Å². The highest BCUT2D eigenvalue weighted by Crippen LogP contribution is 2.39. The number of carbonyl (C=O) groups excluding carboxylic acids is 4. The van der Waals surface area contributed by atoms with Gasteiger partial charge in [-0.1, -0.05) is 24.8 Å². The van der Waals surface area contributed by atoms with Crippen molar-refractivity contribution in [3.05, 3.63) is 47.6 Å². The van der Waals surface area contributed by atoms with Crippen LogP contribution in [0.5, 0.6) is 0 Å². The molecule has 29 heavy (non-hydrogen) atoms. The van der Waals surface area contributed by atoms with Crippen molar-refractivity contribution in [2.45, 2.75) is 58.8 Å². The van der Waals surface area contributed by atoms with E-state index >= 15 is 0 Å². The van der Waals surface area contributed by atoms with E-state index in [9.17, 15) is 19.2 Å². The Kier molecular flexibility index (Phi) is 6.95. The number of allylic oxidation sites excluding steroid dienone is 2. The first-order chi connectivity index (χ1) is 13.5. The molecule has 1 aliphatic carbocycles. The molecular formula is C22H26O7. The SMILES string of the molecule is C=C1CC(=O)C=C(C)CC(OC(=O)C(C)=CC)C2C(=C)C(=O)OC2C1OC(C)=O. The van der Waals surface area contributed by atoms with Gasteiger partial charge in [-0.05, 0) is 32.4 Å². The molecule has 0 bridgehead atoms. The summed E-state index contributed by atoms with van der Waals surface area (Å²) in [5, 5.41) is 0. The van der Waals surface area contributed by atoms with E-state index in [1.807, 2.05) is 0 Å². The number of esters is 3. The van der Waals surface area contributed by atoms with Crippen LogP contribution in [0.15, 0.2) is 47.6 Å². The average molecular weight is 402 g/mol. The molecule has 0 radical (unpaired) electrons. The van der Waals surface area contributed by atoms with Crippen molar-refractivity contribution < 1.29 is 33.4 Å². The third-order valence-corrected chi connectivity index (χ3v) is 5.00. The van der Waals surface area contributed by atoms with E-state index in [0.717, 1.165) is 0 Å². The van der Waals surface area contributed by atoms with Crippen LogP contribution in [0.3, 0.4) is 0 Å². The number of ether oxygens (including phenoxy) is 3. The molecule has 156 valence electrons. The first kappa shape index (κ1) is 22.3. The van der Waals surface area contributed by atoms with Crippen molar-refractivity contribution in [2.75, 3.05) is 0 Å². The van der Waals surface area contributed by atoms with Gasteiger partial charge in [0.05, 0.1) is 5.92 Å². The lowest BCUT2D eigenvalue weighted by Crippen LogP contribution is -2.43. The van der Waals surface area contributed by atoms with Crippen LogP contribution in [-0.2, 0) is 33.4 Å². The summed E-state index contributed by atoms with van der Waals surface area (Å²) in [6, 6.07) is 0. The maximum atomic E-state index is 12.4. The van der Waals surface area contributed by atoms with Gasteiger partial charge in [0.2, 0.25) is 0 Å². The Bertz CT molecular complexity index is 830. The van der Waals surface area contributed by atoms with E-state index in [2.05, 4.69) is 13.2 Å². The zero-order valence-electron chi connectivity index (χ0n) is 17.2. The highest BCUT2D eigenvalue weighted by molar-refractivity contribution is 5.93. The zero-order valence-corrected chi connectivity index (χ0v) is 17.2. The lowest BCUT2D eigenvalue weighted by Gasteiger charge is -2.33. The number of rotatable bonds is 3.